The van der Waals surface area contributed by atoms with Gasteiger partial charge in [0.2, 0.25) is 5.91 Å². The quantitative estimate of drug-likeness (QED) is 0.792. The zero-order valence-electron chi connectivity index (χ0n) is 9.49. The van der Waals surface area contributed by atoms with Crippen LogP contribution < -0.4 is 10.6 Å². The molecule has 86 valence electrons. The minimum atomic E-state index is 0.127. The van der Waals surface area contributed by atoms with E-state index in [0.29, 0.717) is 6.42 Å². The van der Waals surface area contributed by atoms with Crippen LogP contribution in [-0.2, 0) is 4.79 Å². The highest BCUT2D eigenvalue weighted by Crippen LogP contribution is 2.13. The van der Waals surface area contributed by atoms with Crippen LogP contribution in [-0.4, -0.2) is 23.5 Å². The smallest absolute Gasteiger partial charge is 0.222 e. The van der Waals surface area contributed by atoms with Gasteiger partial charge in [0.15, 0.2) is 0 Å². The molecule has 16 heavy (non-hydrogen) atoms. The van der Waals surface area contributed by atoms with E-state index in [0.717, 1.165) is 25.2 Å². The van der Waals surface area contributed by atoms with Crippen LogP contribution in [0.25, 0.3) is 0 Å². The first-order valence-corrected chi connectivity index (χ1v) is 5.70. The zero-order chi connectivity index (χ0) is 11.4. The van der Waals surface area contributed by atoms with Crippen LogP contribution in [0.15, 0.2) is 18.3 Å². The number of carbonyl (C=O) groups excluding carboxylic acids is 1. The Hall–Kier alpha value is -1.58. The fraction of sp³-hybridized carbons (Fsp3) is 0.500. The lowest BCUT2D eigenvalue weighted by molar-refractivity contribution is -0.120. The summed E-state index contributed by atoms with van der Waals surface area (Å²) < 4.78 is 0. The Morgan fingerprint density at radius 1 is 1.56 bits per heavy atom. The maximum absolute atomic E-state index is 11.4. The molecule has 1 amide bonds. The van der Waals surface area contributed by atoms with Crippen LogP contribution in [0, 0.1) is 6.92 Å². The van der Waals surface area contributed by atoms with Crippen molar-refractivity contribution in [3.05, 3.63) is 23.9 Å². The lowest BCUT2D eigenvalue weighted by atomic mass is 10.1. The molecule has 1 aromatic heterocycles. The van der Waals surface area contributed by atoms with Crippen molar-refractivity contribution < 1.29 is 4.79 Å². The Morgan fingerprint density at radius 2 is 2.44 bits per heavy atom. The molecule has 2 N–H and O–H groups in total. The molecular weight excluding hydrogens is 202 g/mol. The molecule has 1 fully saturated rings. The molecule has 1 saturated heterocycles. The SMILES string of the molecule is Cc1ccnc(NC2CCCNC(=O)C2)c1. The van der Waals surface area contributed by atoms with Gasteiger partial charge in [0, 0.05) is 25.2 Å². The number of carbonyl (C=O) groups is 1. The molecule has 1 atom stereocenters. The maximum atomic E-state index is 11.4. The number of hydrogen-bond donors (Lipinski definition) is 2. The van der Waals surface area contributed by atoms with Gasteiger partial charge >= 0.3 is 0 Å². The minimum Gasteiger partial charge on any atom is -0.367 e. The highest BCUT2D eigenvalue weighted by atomic mass is 16.1. The van der Waals surface area contributed by atoms with Gasteiger partial charge in [-0.1, -0.05) is 0 Å². The number of amides is 1. The number of pyridine rings is 1. The van der Waals surface area contributed by atoms with E-state index in [-0.39, 0.29) is 11.9 Å². The van der Waals surface area contributed by atoms with Crippen LogP contribution in [0.4, 0.5) is 5.82 Å². The van der Waals surface area contributed by atoms with E-state index in [1.807, 2.05) is 19.1 Å². The van der Waals surface area contributed by atoms with E-state index < -0.39 is 0 Å². The third kappa shape index (κ3) is 2.95. The highest BCUT2D eigenvalue weighted by Gasteiger charge is 2.17. The molecule has 4 nitrogen and oxygen atoms in total. The Morgan fingerprint density at radius 3 is 3.25 bits per heavy atom. The third-order valence-electron chi connectivity index (χ3n) is 2.75. The van der Waals surface area contributed by atoms with Gasteiger partial charge < -0.3 is 10.6 Å². The number of aryl methyl sites for hydroxylation is 1. The van der Waals surface area contributed by atoms with Crippen molar-refractivity contribution >= 4 is 11.7 Å². The Kier molecular flexibility index (Phi) is 3.39. The van der Waals surface area contributed by atoms with Crippen molar-refractivity contribution in [3.8, 4) is 0 Å². The van der Waals surface area contributed by atoms with Crippen molar-refractivity contribution in [1.82, 2.24) is 10.3 Å². The molecule has 0 bridgehead atoms. The Bertz CT molecular complexity index is 378. The van der Waals surface area contributed by atoms with Crippen molar-refractivity contribution in [2.24, 2.45) is 0 Å². The van der Waals surface area contributed by atoms with Gasteiger partial charge in [-0.05, 0) is 37.5 Å². The fourth-order valence-corrected chi connectivity index (χ4v) is 1.92. The zero-order valence-corrected chi connectivity index (χ0v) is 9.49. The minimum absolute atomic E-state index is 0.127. The second-order valence-corrected chi connectivity index (χ2v) is 4.26. The molecule has 1 aliphatic rings. The average Bonchev–Trinajstić information content (AvgIpc) is 2.43. The first-order chi connectivity index (χ1) is 7.74. The molecule has 0 aliphatic carbocycles. The molecule has 1 aliphatic heterocycles. The van der Waals surface area contributed by atoms with Gasteiger partial charge in [-0.2, -0.15) is 0 Å². The molecule has 4 heteroatoms. The first kappa shape index (κ1) is 10.9. The van der Waals surface area contributed by atoms with Gasteiger partial charge in [-0.15, -0.1) is 0 Å². The predicted molar refractivity (Wildman–Crippen MR) is 63.2 cm³/mol. The molecule has 0 aromatic carbocycles. The van der Waals surface area contributed by atoms with E-state index >= 15 is 0 Å². The summed E-state index contributed by atoms with van der Waals surface area (Å²) in [6, 6.07) is 4.17. The summed E-state index contributed by atoms with van der Waals surface area (Å²) in [5, 5.41) is 6.19. The predicted octanol–water partition coefficient (Wildman–Crippen LogP) is 1.47. The van der Waals surface area contributed by atoms with Crippen molar-refractivity contribution in [1.29, 1.82) is 0 Å². The normalized spacial score (nSPS) is 21.1. The van der Waals surface area contributed by atoms with Crippen LogP contribution in [0.5, 0.6) is 0 Å². The fourth-order valence-electron chi connectivity index (χ4n) is 1.92. The van der Waals surface area contributed by atoms with E-state index in [9.17, 15) is 4.79 Å². The monoisotopic (exact) mass is 219 g/mol. The van der Waals surface area contributed by atoms with Crippen LogP contribution in [0.2, 0.25) is 0 Å². The van der Waals surface area contributed by atoms with Crippen LogP contribution in [0.1, 0.15) is 24.8 Å². The number of nitrogens with zero attached hydrogens (tertiary/aromatic N) is 1. The molecule has 2 rings (SSSR count). The van der Waals surface area contributed by atoms with E-state index in [1.54, 1.807) is 6.20 Å². The number of aromatic nitrogens is 1. The topological polar surface area (TPSA) is 54.0 Å². The molecule has 2 heterocycles. The number of nitrogens with one attached hydrogen (secondary N) is 2. The lowest BCUT2D eigenvalue weighted by Gasteiger charge is -2.15. The third-order valence-corrected chi connectivity index (χ3v) is 2.75. The summed E-state index contributed by atoms with van der Waals surface area (Å²) in [6.07, 6.45) is 4.35. The van der Waals surface area contributed by atoms with Gasteiger partial charge in [0.05, 0.1) is 0 Å². The molecule has 0 radical (unpaired) electrons. The molecule has 1 aromatic rings. The summed E-state index contributed by atoms with van der Waals surface area (Å²) in [5.41, 5.74) is 1.18. The summed E-state index contributed by atoms with van der Waals surface area (Å²) in [7, 11) is 0. The number of rotatable bonds is 2. The first-order valence-electron chi connectivity index (χ1n) is 5.70. The van der Waals surface area contributed by atoms with Crippen molar-refractivity contribution in [3.63, 3.8) is 0 Å². The standard InChI is InChI=1S/C12H17N3O/c1-9-4-6-13-11(7-9)15-10-3-2-5-14-12(16)8-10/h4,6-7,10H,2-3,5,8H2,1H3,(H,13,15)(H,14,16). The lowest BCUT2D eigenvalue weighted by Crippen LogP contribution is -2.27. The van der Waals surface area contributed by atoms with E-state index in [4.69, 9.17) is 0 Å². The van der Waals surface area contributed by atoms with Crippen LogP contribution in [0.3, 0.4) is 0 Å². The highest BCUT2D eigenvalue weighted by molar-refractivity contribution is 5.77. The van der Waals surface area contributed by atoms with Crippen LogP contribution >= 0.6 is 0 Å². The summed E-state index contributed by atoms with van der Waals surface area (Å²) in [5.74, 6) is 0.988. The average molecular weight is 219 g/mol. The molecule has 0 spiro atoms. The van der Waals surface area contributed by atoms with Gasteiger partial charge in [-0.25, -0.2) is 4.98 Å². The second kappa shape index (κ2) is 4.96. The van der Waals surface area contributed by atoms with Crippen molar-refractivity contribution in [2.45, 2.75) is 32.2 Å². The summed E-state index contributed by atoms with van der Waals surface area (Å²) in [4.78, 5) is 15.6. The molecule has 1 unspecified atom stereocenters. The van der Waals surface area contributed by atoms with Gasteiger partial charge in [0.25, 0.3) is 0 Å². The Balaban J connectivity index is 2.00. The second-order valence-electron chi connectivity index (χ2n) is 4.26. The van der Waals surface area contributed by atoms with E-state index in [2.05, 4.69) is 15.6 Å². The molecule has 0 saturated carbocycles. The number of anilines is 1. The van der Waals surface area contributed by atoms with Gasteiger partial charge in [0.1, 0.15) is 5.82 Å². The molecular formula is C12H17N3O. The summed E-state index contributed by atoms with van der Waals surface area (Å²) >= 11 is 0. The Labute approximate surface area is 95.5 Å². The number of hydrogen-bond acceptors (Lipinski definition) is 3. The largest absolute Gasteiger partial charge is 0.367 e. The van der Waals surface area contributed by atoms with Gasteiger partial charge in [-0.3, -0.25) is 4.79 Å². The van der Waals surface area contributed by atoms with Crippen molar-refractivity contribution in [2.75, 3.05) is 11.9 Å². The maximum Gasteiger partial charge on any atom is 0.222 e. The van der Waals surface area contributed by atoms with E-state index in [1.165, 1.54) is 5.56 Å². The summed E-state index contributed by atoms with van der Waals surface area (Å²) in [6.45, 7) is 2.82.